The van der Waals surface area contributed by atoms with E-state index in [0.29, 0.717) is 12.0 Å². The number of benzene rings is 1. The molecule has 2 atom stereocenters. The molecule has 2 fully saturated rings. The van der Waals surface area contributed by atoms with Crippen molar-refractivity contribution in [1.82, 2.24) is 15.5 Å². The van der Waals surface area contributed by atoms with E-state index in [0.717, 1.165) is 64.9 Å². The van der Waals surface area contributed by atoms with Crippen LogP contribution in [-0.4, -0.2) is 76.4 Å². The summed E-state index contributed by atoms with van der Waals surface area (Å²) in [6.45, 7) is 10.3. The molecule has 0 saturated carbocycles. The molecule has 1 aromatic rings. The predicted molar refractivity (Wildman–Crippen MR) is 123 cm³/mol. The first-order valence-electron chi connectivity index (χ1n) is 9.82. The molecule has 2 aliphatic rings. The van der Waals surface area contributed by atoms with Gasteiger partial charge in [-0.25, -0.2) is 0 Å². The van der Waals surface area contributed by atoms with Crippen molar-refractivity contribution in [2.24, 2.45) is 10.9 Å². The van der Waals surface area contributed by atoms with Crippen LogP contribution in [0, 0.1) is 5.92 Å². The van der Waals surface area contributed by atoms with Crippen molar-refractivity contribution in [3.8, 4) is 0 Å². The number of morpholine rings is 1. The van der Waals surface area contributed by atoms with Gasteiger partial charge < -0.3 is 20.3 Å². The quantitative estimate of drug-likeness (QED) is 0.366. The maximum Gasteiger partial charge on any atom is 0.191 e. The van der Waals surface area contributed by atoms with Crippen molar-refractivity contribution in [1.29, 1.82) is 0 Å². The number of anilines is 1. The normalized spacial score (nSPS) is 22.2. The summed E-state index contributed by atoms with van der Waals surface area (Å²) >= 11 is 0. The van der Waals surface area contributed by atoms with Crippen LogP contribution in [0.15, 0.2) is 35.3 Å². The minimum absolute atomic E-state index is 0. The molecule has 0 radical (unpaired) electrons. The average Bonchev–Trinajstić information content (AvgIpc) is 3.15. The second kappa shape index (κ2) is 11.7. The van der Waals surface area contributed by atoms with E-state index < -0.39 is 0 Å². The Morgan fingerprint density at radius 2 is 1.96 bits per heavy atom. The van der Waals surface area contributed by atoms with Crippen molar-refractivity contribution >= 4 is 35.6 Å². The third kappa shape index (κ3) is 7.12. The van der Waals surface area contributed by atoms with Crippen LogP contribution in [0.2, 0.25) is 0 Å². The number of aliphatic imine (C=N–C) groups is 1. The van der Waals surface area contributed by atoms with Gasteiger partial charge in [-0.1, -0.05) is 25.1 Å². The Bertz CT molecular complexity index is 565. The smallest absolute Gasteiger partial charge is 0.191 e. The van der Waals surface area contributed by atoms with Gasteiger partial charge in [-0.15, -0.1) is 24.0 Å². The summed E-state index contributed by atoms with van der Waals surface area (Å²) in [5, 5.41) is 7.09. The lowest BCUT2D eigenvalue weighted by molar-refractivity contribution is 0.0320. The topological polar surface area (TPSA) is 52.1 Å². The van der Waals surface area contributed by atoms with Crippen LogP contribution < -0.4 is 15.5 Å². The van der Waals surface area contributed by atoms with Gasteiger partial charge in [-0.3, -0.25) is 9.89 Å². The molecule has 7 heteroatoms. The number of guanidine groups is 1. The number of para-hydroxylation sites is 1. The Balaban J connectivity index is 0.00000261. The monoisotopic (exact) mass is 487 g/mol. The molecule has 0 aromatic heterocycles. The number of hydrogen-bond acceptors (Lipinski definition) is 4. The highest BCUT2D eigenvalue weighted by Crippen LogP contribution is 2.19. The Hall–Kier alpha value is -1.06. The highest BCUT2D eigenvalue weighted by atomic mass is 127. The number of rotatable bonds is 6. The van der Waals surface area contributed by atoms with E-state index in [2.05, 4.69) is 62.7 Å². The molecular weight excluding hydrogens is 453 g/mol. The van der Waals surface area contributed by atoms with Crippen molar-refractivity contribution in [2.45, 2.75) is 19.4 Å². The van der Waals surface area contributed by atoms with Gasteiger partial charge in [-0.2, -0.15) is 0 Å². The van der Waals surface area contributed by atoms with Crippen LogP contribution in [-0.2, 0) is 4.74 Å². The number of nitrogens with one attached hydrogen (secondary N) is 2. The number of halogens is 1. The van der Waals surface area contributed by atoms with Crippen molar-refractivity contribution in [2.75, 3.05) is 64.4 Å². The first kappa shape index (κ1) is 22.2. The van der Waals surface area contributed by atoms with Crippen molar-refractivity contribution < 1.29 is 4.74 Å². The van der Waals surface area contributed by atoms with Crippen LogP contribution in [0.25, 0.3) is 0 Å². The highest BCUT2D eigenvalue weighted by Gasteiger charge is 2.23. The van der Waals surface area contributed by atoms with E-state index in [1.807, 2.05) is 7.05 Å². The summed E-state index contributed by atoms with van der Waals surface area (Å²) in [5.74, 6) is 1.50. The SMILES string of the molecule is CN=C(NCC(C)CN1CCOCC1)NC1CCN(c2ccccc2)C1.I. The number of hydrogen-bond donors (Lipinski definition) is 2. The predicted octanol–water partition coefficient (Wildman–Crippen LogP) is 2.02. The van der Waals surface area contributed by atoms with E-state index in [9.17, 15) is 0 Å². The van der Waals surface area contributed by atoms with Gasteiger partial charge in [0.2, 0.25) is 0 Å². The maximum atomic E-state index is 5.42. The second-order valence-electron chi connectivity index (χ2n) is 7.38. The molecule has 2 unspecified atom stereocenters. The number of nitrogens with zero attached hydrogens (tertiary/aromatic N) is 3. The first-order valence-corrected chi connectivity index (χ1v) is 9.82. The summed E-state index contributed by atoms with van der Waals surface area (Å²) in [5.41, 5.74) is 1.30. The van der Waals surface area contributed by atoms with Gasteiger partial charge in [0.25, 0.3) is 0 Å². The molecule has 0 bridgehead atoms. The standard InChI is InChI=1S/C20H33N5O.HI/c1-17(15-24-10-12-26-13-11-24)14-22-20(21-2)23-18-8-9-25(16-18)19-6-4-3-5-7-19;/h3-7,17-18H,8-16H2,1-2H3,(H2,21,22,23);1H. The van der Waals surface area contributed by atoms with Gasteiger partial charge in [0.1, 0.15) is 0 Å². The highest BCUT2D eigenvalue weighted by molar-refractivity contribution is 14.0. The third-order valence-corrected chi connectivity index (χ3v) is 5.17. The maximum absolute atomic E-state index is 5.42. The molecule has 2 N–H and O–H groups in total. The summed E-state index contributed by atoms with van der Waals surface area (Å²) in [7, 11) is 1.85. The molecule has 1 aromatic carbocycles. The fourth-order valence-electron chi connectivity index (χ4n) is 3.70. The fourth-order valence-corrected chi connectivity index (χ4v) is 3.70. The lowest BCUT2D eigenvalue weighted by atomic mass is 10.1. The molecule has 3 rings (SSSR count). The zero-order valence-corrected chi connectivity index (χ0v) is 18.9. The van der Waals surface area contributed by atoms with Crippen LogP contribution in [0.1, 0.15) is 13.3 Å². The minimum Gasteiger partial charge on any atom is -0.379 e. The molecular formula is C20H34IN5O. The van der Waals surface area contributed by atoms with Gasteiger partial charge in [0, 0.05) is 58.0 Å². The third-order valence-electron chi connectivity index (χ3n) is 5.17. The van der Waals surface area contributed by atoms with Crippen LogP contribution >= 0.6 is 24.0 Å². The molecule has 0 aliphatic carbocycles. The van der Waals surface area contributed by atoms with Gasteiger partial charge >= 0.3 is 0 Å². The molecule has 152 valence electrons. The minimum atomic E-state index is 0. The van der Waals surface area contributed by atoms with E-state index in [1.165, 1.54) is 5.69 Å². The van der Waals surface area contributed by atoms with Gasteiger partial charge in [-0.05, 0) is 24.5 Å². The van der Waals surface area contributed by atoms with E-state index >= 15 is 0 Å². The van der Waals surface area contributed by atoms with Crippen molar-refractivity contribution in [3.05, 3.63) is 30.3 Å². The lowest BCUT2D eigenvalue weighted by Crippen LogP contribution is -2.47. The largest absolute Gasteiger partial charge is 0.379 e. The molecule has 0 amide bonds. The Morgan fingerprint density at radius 1 is 1.22 bits per heavy atom. The summed E-state index contributed by atoms with van der Waals surface area (Å²) < 4.78 is 5.42. The summed E-state index contributed by atoms with van der Waals surface area (Å²) in [6, 6.07) is 11.1. The molecule has 0 spiro atoms. The van der Waals surface area contributed by atoms with Gasteiger partial charge in [0.05, 0.1) is 13.2 Å². The van der Waals surface area contributed by atoms with E-state index in [-0.39, 0.29) is 24.0 Å². The molecule has 2 heterocycles. The first-order chi connectivity index (χ1) is 12.7. The molecule has 2 saturated heterocycles. The average molecular weight is 487 g/mol. The lowest BCUT2D eigenvalue weighted by Gasteiger charge is -2.29. The second-order valence-corrected chi connectivity index (χ2v) is 7.38. The zero-order chi connectivity index (χ0) is 18.2. The number of ether oxygens (including phenoxy) is 1. The Labute approximate surface area is 180 Å². The molecule has 6 nitrogen and oxygen atoms in total. The zero-order valence-electron chi connectivity index (χ0n) is 16.6. The Kier molecular flexibility index (Phi) is 9.64. The molecule has 2 aliphatic heterocycles. The van der Waals surface area contributed by atoms with Crippen LogP contribution in [0.4, 0.5) is 5.69 Å². The van der Waals surface area contributed by atoms with Crippen molar-refractivity contribution in [3.63, 3.8) is 0 Å². The summed E-state index contributed by atoms with van der Waals surface area (Å²) in [6.07, 6.45) is 1.14. The molecule has 27 heavy (non-hydrogen) atoms. The fraction of sp³-hybridized carbons (Fsp3) is 0.650. The Morgan fingerprint density at radius 3 is 2.67 bits per heavy atom. The van der Waals surface area contributed by atoms with E-state index in [1.54, 1.807) is 0 Å². The van der Waals surface area contributed by atoms with Crippen LogP contribution in [0.5, 0.6) is 0 Å². The van der Waals surface area contributed by atoms with Crippen LogP contribution in [0.3, 0.4) is 0 Å². The summed E-state index contributed by atoms with van der Waals surface area (Å²) in [4.78, 5) is 9.33. The van der Waals surface area contributed by atoms with E-state index in [4.69, 9.17) is 4.74 Å². The van der Waals surface area contributed by atoms with Gasteiger partial charge in [0.15, 0.2) is 5.96 Å².